The van der Waals surface area contributed by atoms with Gasteiger partial charge in [-0.25, -0.2) is 0 Å². The molecule has 18 heavy (non-hydrogen) atoms. The maximum absolute atomic E-state index is 11.7. The summed E-state index contributed by atoms with van der Waals surface area (Å²) in [4.78, 5) is 11.7. The van der Waals surface area contributed by atoms with Crippen molar-refractivity contribution in [1.82, 2.24) is 10.6 Å². The maximum atomic E-state index is 11.7. The van der Waals surface area contributed by atoms with Gasteiger partial charge in [-0.3, -0.25) is 4.79 Å². The molecule has 0 aromatic carbocycles. The monoisotopic (exact) mass is 252 g/mol. The minimum atomic E-state index is 0.176. The quantitative estimate of drug-likeness (QED) is 0.552. The van der Waals surface area contributed by atoms with Crippen LogP contribution < -0.4 is 10.6 Å². The summed E-state index contributed by atoms with van der Waals surface area (Å²) in [6.07, 6.45) is 9.53. The zero-order valence-electron chi connectivity index (χ0n) is 11.0. The van der Waals surface area contributed by atoms with Crippen molar-refractivity contribution in [2.24, 2.45) is 5.92 Å². The van der Waals surface area contributed by atoms with E-state index in [2.05, 4.69) is 22.8 Å². The summed E-state index contributed by atoms with van der Waals surface area (Å²) in [5.74, 6) is 0.372. The highest BCUT2D eigenvalue weighted by Gasteiger charge is 2.18. The van der Waals surface area contributed by atoms with E-state index in [1.807, 2.05) is 0 Å². The number of hydrogen-bond acceptors (Lipinski definition) is 3. The Hall–Kier alpha value is -0.870. The highest BCUT2D eigenvalue weighted by atomic mass is 16.5. The molecule has 1 aliphatic heterocycles. The molecule has 0 aromatic rings. The first-order valence-corrected chi connectivity index (χ1v) is 7.11. The Bertz CT molecular complexity index is 278. The standard InChI is InChI=1S/C14H24N2O2/c17-14(12-4-1-2-5-12)16-8-3-11-18-13-6-9-15-10-7-13/h1-2,12-13,15H,3-11H2,(H,16,17). The van der Waals surface area contributed by atoms with Crippen LogP contribution in [-0.2, 0) is 9.53 Å². The SMILES string of the molecule is O=C(NCCCOC1CCNCC1)C1CC=CC1. The molecule has 0 bridgehead atoms. The third-order valence-electron chi connectivity index (χ3n) is 3.64. The summed E-state index contributed by atoms with van der Waals surface area (Å²) < 4.78 is 5.79. The van der Waals surface area contributed by atoms with Gasteiger partial charge in [0.1, 0.15) is 0 Å². The smallest absolute Gasteiger partial charge is 0.223 e. The van der Waals surface area contributed by atoms with Crippen molar-refractivity contribution in [1.29, 1.82) is 0 Å². The fourth-order valence-corrected chi connectivity index (χ4v) is 2.47. The second kappa shape index (κ2) is 7.54. The van der Waals surface area contributed by atoms with Crippen LogP contribution in [0.25, 0.3) is 0 Å². The molecule has 4 nitrogen and oxygen atoms in total. The summed E-state index contributed by atoms with van der Waals surface area (Å²) in [6.45, 7) is 3.63. The summed E-state index contributed by atoms with van der Waals surface area (Å²) in [6, 6.07) is 0. The lowest BCUT2D eigenvalue weighted by molar-refractivity contribution is -0.124. The maximum Gasteiger partial charge on any atom is 0.223 e. The van der Waals surface area contributed by atoms with Crippen molar-refractivity contribution in [2.45, 2.75) is 38.2 Å². The van der Waals surface area contributed by atoms with Gasteiger partial charge in [0.15, 0.2) is 0 Å². The van der Waals surface area contributed by atoms with E-state index in [9.17, 15) is 4.79 Å². The molecule has 2 aliphatic rings. The van der Waals surface area contributed by atoms with Crippen LogP contribution in [0.1, 0.15) is 32.1 Å². The average Bonchev–Trinajstić information content (AvgIpc) is 2.93. The van der Waals surface area contributed by atoms with Gasteiger partial charge < -0.3 is 15.4 Å². The molecule has 0 spiro atoms. The van der Waals surface area contributed by atoms with Crippen molar-refractivity contribution in [3.63, 3.8) is 0 Å². The van der Waals surface area contributed by atoms with Gasteiger partial charge in [0.25, 0.3) is 0 Å². The number of amides is 1. The van der Waals surface area contributed by atoms with E-state index in [4.69, 9.17) is 4.74 Å². The van der Waals surface area contributed by atoms with E-state index in [1.54, 1.807) is 0 Å². The van der Waals surface area contributed by atoms with Crippen LogP contribution in [0.5, 0.6) is 0 Å². The molecular formula is C14H24N2O2. The highest BCUT2D eigenvalue weighted by Crippen LogP contribution is 2.17. The Balaban J connectivity index is 1.46. The molecule has 0 saturated carbocycles. The third-order valence-corrected chi connectivity index (χ3v) is 3.64. The van der Waals surface area contributed by atoms with Gasteiger partial charge in [0.2, 0.25) is 5.91 Å². The number of rotatable bonds is 6. The molecule has 1 fully saturated rings. The van der Waals surface area contributed by atoms with E-state index >= 15 is 0 Å². The summed E-state index contributed by atoms with van der Waals surface area (Å²) >= 11 is 0. The number of carbonyl (C=O) groups excluding carboxylic acids is 1. The fourth-order valence-electron chi connectivity index (χ4n) is 2.47. The van der Waals surface area contributed by atoms with Crippen molar-refractivity contribution in [3.05, 3.63) is 12.2 Å². The summed E-state index contributed by atoms with van der Waals surface area (Å²) in [5, 5.41) is 6.31. The van der Waals surface area contributed by atoms with E-state index < -0.39 is 0 Å². The van der Waals surface area contributed by atoms with Crippen LogP contribution >= 0.6 is 0 Å². The first-order valence-electron chi connectivity index (χ1n) is 7.11. The zero-order valence-corrected chi connectivity index (χ0v) is 11.0. The molecule has 0 atom stereocenters. The molecule has 4 heteroatoms. The number of ether oxygens (including phenoxy) is 1. The number of allylic oxidation sites excluding steroid dienone is 2. The number of carbonyl (C=O) groups is 1. The Morgan fingerprint density at radius 3 is 2.72 bits per heavy atom. The van der Waals surface area contributed by atoms with E-state index in [1.165, 1.54) is 0 Å². The van der Waals surface area contributed by atoms with Gasteiger partial charge in [0, 0.05) is 19.1 Å². The van der Waals surface area contributed by atoms with Crippen LogP contribution in [0.4, 0.5) is 0 Å². The topological polar surface area (TPSA) is 50.4 Å². The molecule has 102 valence electrons. The molecule has 0 radical (unpaired) electrons. The molecule has 2 rings (SSSR count). The van der Waals surface area contributed by atoms with Crippen LogP contribution in [0.15, 0.2) is 12.2 Å². The normalized spacial score (nSPS) is 21.3. The lowest BCUT2D eigenvalue weighted by Crippen LogP contribution is -2.33. The number of nitrogens with one attached hydrogen (secondary N) is 2. The molecule has 1 amide bonds. The number of hydrogen-bond donors (Lipinski definition) is 2. The Morgan fingerprint density at radius 1 is 1.28 bits per heavy atom. The van der Waals surface area contributed by atoms with E-state index in [0.717, 1.165) is 58.3 Å². The molecule has 1 heterocycles. The summed E-state index contributed by atoms with van der Waals surface area (Å²) in [7, 11) is 0. The van der Waals surface area contributed by atoms with Gasteiger partial charge in [-0.15, -0.1) is 0 Å². The summed E-state index contributed by atoms with van der Waals surface area (Å²) in [5.41, 5.74) is 0. The first kappa shape index (κ1) is 13.6. The van der Waals surface area contributed by atoms with Crippen molar-refractivity contribution in [2.75, 3.05) is 26.2 Å². The molecule has 1 aliphatic carbocycles. The average molecular weight is 252 g/mol. The lowest BCUT2D eigenvalue weighted by atomic mass is 10.1. The van der Waals surface area contributed by atoms with Crippen LogP contribution in [0, 0.1) is 5.92 Å². The van der Waals surface area contributed by atoms with Gasteiger partial charge in [-0.1, -0.05) is 12.2 Å². The third kappa shape index (κ3) is 4.42. The van der Waals surface area contributed by atoms with Crippen LogP contribution in [-0.4, -0.2) is 38.3 Å². The second-order valence-electron chi connectivity index (χ2n) is 5.10. The number of piperidine rings is 1. The second-order valence-corrected chi connectivity index (χ2v) is 5.10. The van der Waals surface area contributed by atoms with Crippen molar-refractivity contribution in [3.8, 4) is 0 Å². The van der Waals surface area contributed by atoms with Crippen molar-refractivity contribution >= 4 is 5.91 Å². The van der Waals surface area contributed by atoms with Gasteiger partial charge >= 0.3 is 0 Å². The highest BCUT2D eigenvalue weighted by molar-refractivity contribution is 5.79. The predicted octanol–water partition coefficient (Wildman–Crippen LogP) is 1.23. The van der Waals surface area contributed by atoms with Crippen molar-refractivity contribution < 1.29 is 9.53 Å². The predicted molar refractivity (Wildman–Crippen MR) is 71.3 cm³/mol. The van der Waals surface area contributed by atoms with Gasteiger partial charge in [0.05, 0.1) is 6.10 Å². The molecular weight excluding hydrogens is 228 g/mol. The van der Waals surface area contributed by atoms with Crippen LogP contribution in [0.3, 0.4) is 0 Å². The van der Waals surface area contributed by atoms with Gasteiger partial charge in [-0.05, 0) is 45.2 Å². The zero-order chi connectivity index (χ0) is 12.6. The Labute approximate surface area is 109 Å². The minimum absolute atomic E-state index is 0.176. The molecule has 0 aromatic heterocycles. The molecule has 2 N–H and O–H groups in total. The van der Waals surface area contributed by atoms with Crippen LogP contribution in [0.2, 0.25) is 0 Å². The Kier molecular flexibility index (Phi) is 5.68. The Morgan fingerprint density at radius 2 is 2.00 bits per heavy atom. The van der Waals surface area contributed by atoms with E-state index in [-0.39, 0.29) is 11.8 Å². The lowest BCUT2D eigenvalue weighted by Gasteiger charge is -2.23. The molecule has 0 unspecified atom stereocenters. The van der Waals surface area contributed by atoms with E-state index in [0.29, 0.717) is 6.10 Å². The molecule has 1 saturated heterocycles. The van der Waals surface area contributed by atoms with Gasteiger partial charge in [-0.2, -0.15) is 0 Å². The largest absolute Gasteiger partial charge is 0.378 e. The fraction of sp³-hybridized carbons (Fsp3) is 0.786. The minimum Gasteiger partial charge on any atom is -0.378 e. The first-order chi connectivity index (χ1) is 8.86.